The molecule has 0 aliphatic rings. The fraction of sp³-hybridized carbons (Fsp3) is 0.500. The molecule has 5 heteroatoms. The Balaban J connectivity index is 2.90. The molecule has 0 unspecified atom stereocenters. The van der Waals surface area contributed by atoms with E-state index in [0.717, 1.165) is 0 Å². The summed E-state index contributed by atoms with van der Waals surface area (Å²) in [6, 6.07) is 5.18. The maximum Gasteiger partial charge on any atom is 0.138 e. The predicted octanol–water partition coefficient (Wildman–Crippen LogP) is 1.70. The standard InChI is InChI=1S/C14H22FN3O/c1-10(2)18(7-4-8-19)9-11-5-3-6-12(13(11)15)14(16)17/h3,5-6,10,19H,4,7-9H2,1-2H3,(H3,16,17). The minimum absolute atomic E-state index is 0.124. The molecule has 4 nitrogen and oxygen atoms in total. The van der Waals surface area contributed by atoms with Gasteiger partial charge in [0.15, 0.2) is 0 Å². The monoisotopic (exact) mass is 267 g/mol. The van der Waals surface area contributed by atoms with Gasteiger partial charge in [0.2, 0.25) is 0 Å². The van der Waals surface area contributed by atoms with Gasteiger partial charge in [-0.1, -0.05) is 12.1 Å². The summed E-state index contributed by atoms with van der Waals surface area (Å²) in [5.74, 6) is -0.685. The number of benzene rings is 1. The molecule has 0 saturated heterocycles. The molecular weight excluding hydrogens is 245 g/mol. The first-order valence-corrected chi connectivity index (χ1v) is 6.44. The van der Waals surface area contributed by atoms with E-state index >= 15 is 0 Å². The Morgan fingerprint density at radius 1 is 1.47 bits per heavy atom. The molecule has 0 aliphatic carbocycles. The highest BCUT2D eigenvalue weighted by atomic mass is 19.1. The van der Waals surface area contributed by atoms with Crippen LogP contribution in [0.1, 0.15) is 31.4 Å². The quantitative estimate of drug-likeness (QED) is 0.520. The third-order valence-electron chi connectivity index (χ3n) is 3.08. The van der Waals surface area contributed by atoms with Gasteiger partial charge in [0.1, 0.15) is 11.7 Å². The number of aliphatic hydroxyl groups is 1. The number of hydrogen-bond acceptors (Lipinski definition) is 3. The minimum atomic E-state index is -0.426. The predicted molar refractivity (Wildman–Crippen MR) is 74.7 cm³/mol. The molecule has 0 amide bonds. The van der Waals surface area contributed by atoms with Crippen LogP contribution in [0.25, 0.3) is 0 Å². The fourth-order valence-corrected chi connectivity index (χ4v) is 1.92. The number of nitrogen functional groups attached to an aromatic ring is 1. The van der Waals surface area contributed by atoms with Crippen molar-refractivity contribution < 1.29 is 9.50 Å². The molecule has 0 radical (unpaired) electrons. The van der Waals surface area contributed by atoms with Gasteiger partial charge in [-0.15, -0.1) is 0 Å². The lowest BCUT2D eigenvalue weighted by Gasteiger charge is -2.26. The van der Waals surface area contributed by atoms with Gasteiger partial charge in [-0.25, -0.2) is 4.39 Å². The van der Waals surface area contributed by atoms with Crippen LogP contribution in [0.15, 0.2) is 18.2 Å². The van der Waals surface area contributed by atoms with Gasteiger partial charge in [0.25, 0.3) is 0 Å². The van der Waals surface area contributed by atoms with Crippen LogP contribution in [0.5, 0.6) is 0 Å². The largest absolute Gasteiger partial charge is 0.396 e. The van der Waals surface area contributed by atoms with Crippen molar-refractivity contribution in [3.05, 3.63) is 35.1 Å². The van der Waals surface area contributed by atoms with Crippen molar-refractivity contribution in [2.75, 3.05) is 13.2 Å². The molecule has 0 spiro atoms. The highest BCUT2D eigenvalue weighted by molar-refractivity contribution is 5.95. The zero-order chi connectivity index (χ0) is 14.4. The fourth-order valence-electron chi connectivity index (χ4n) is 1.92. The summed E-state index contributed by atoms with van der Waals surface area (Å²) in [6.07, 6.45) is 0.659. The zero-order valence-electron chi connectivity index (χ0n) is 11.5. The van der Waals surface area contributed by atoms with Gasteiger partial charge >= 0.3 is 0 Å². The molecule has 0 aromatic heterocycles. The van der Waals surface area contributed by atoms with Crippen molar-refractivity contribution in [1.82, 2.24) is 4.90 Å². The van der Waals surface area contributed by atoms with Gasteiger partial charge in [0.05, 0.1) is 5.56 Å². The van der Waals surface area contributed by atoms with Gasteiger partial charge in [-0.05, 0) is 26.3 Å². The smallest absolute Gasteiger partial charge is 0.138 e. The molecule has 1 aromatic carbocycles. The van der Waals surface area contributed by atoms with Crippen LogP contribution >= 0.6 is 0 Å². The molecule has 0 saturated carbocycles. The van der Waals surface area contributed by atoms with Crippen LogP contribution in [0, 0.1) is 11.2 Å². The van der Waals surface area contributed by atoms with Crippen LogP contribution in [-0.4, -0.2) is 35.0 Å². The Kier molecular flexibility index (Phi) is 5.92. The van der Waals surface area contributed by atoms with E-state index in [9.17, 15) is 4.39 Å². The minimum Gasteiger partial charge on any atom is -0.396 e. The molecule has 0 bridgehead atoms. The number of nitrogens with zero attached hydrogens (tertiary/aromatic N) is 1. The number of aliphatic hydroxyl groups excluding tert-OH is 1. The van der Waals surface area contributed by atoms with E-state index in [0.29, 0.717) is 25.1 Å². The maximum atomic E-state index is 14.2. The van der Waals surface area contributed by atoms with Crippen LogP contribution in [0.2, 0.25) is 0 Å². The van der Waals surface area contributed by atoms with Crippen molar-refractivity contribution >= 4 is 5.84 Å². The zero-order valence-corrected chi connectivity index (χ0v) is 11.5. The van der Waals surface area contributed by atoms with Gasteiger partial charge in [-0.3, -0.25) is 10.3 Å². The summed E-state index contributed by atoms with van der Waals surface area (Å²) in [5, 5.41) is 16.2. The summed E-state index contributed by atoms with van der Waals surface area (Å²) in [6.45, 7) is 5.34. The number of nitrogens with two attached hydrogens (primary N) is 1. The first kappa shape index (κ1) is 15.6. The van der Waals surface area contributed by atoms with Gasteiger partial charge in [0, 0.05) is 31.3 Å². The lowest BCUT2D eigenvalue weighted by atomic mass is 10.1. The molecule has 19 heavy (non-hydrogen) atoms. The van der Waals surface area contributed by atoms with Crippen molar-refractivity contribution in [2.24, 2.45) is 5.73 Å². The Labute approximate surface area is 113 Å². The number of rotatable bonds is 7. The van der Waals surface area contributed by atoms with E-state index in [1.165, 1.54) is 6.07 Å². The van der Waals surface area contributed by atoms with Crippen LogP contribution in [-0.2, 0) is 6.54 Å². The summed E-state index contributed by atoms with van der Waals surface area (Å²) in [5.41, 5.74) is 6.02. The average molecular weight is 267 g/mol. The second kappa shape index (κ2) is 7.21. The summed E-state index contributed by atoms with van der Waals surface area (Å²) >= 11 is 0. The summed E-state index contributed by atoms with van der Waals surface area (Å²) < 4.78 is 14.2. The van der Waals surface area contributed by atoms with E-state index in [4.69, 9.17) is 16.2 Å². The van der Waals surface area contributed by atoms with Gasteiger partial charge < -0.3 is 10.8 Å². The number of amidine groups is 1. The van der Waals surface area contributed by atoms with Crippen LogP contribution in [0.4, 0.5) is 4.39 Å². The second-order valence-electron chi connectivity index (χ2n) is 4.83. The average Bonchev–Trinajstić information content (AvgIpc) is 2.35. The molecule has 1 rings (SSSR count). The first-order valence-electron chi connectivity index (χ1n) is 6.44. The molecule has 0 fully saturated rings. The van der Waals surface area contributed by atoms with E-state index < -0.39 is 5.82 Å². The summed E-state index contributed by atoms with van der Waals surface area (Å²) in [7, 11) is 0. The third-order valence-corrected chi connectivity index (χ3v) is 3.08. The van der Waals surface area contributed by atoms with E-state index in [1.54, 1.807) is 12.1 Å². The molecule has 0 heterocycles. The normalized spacial score (nSPS) is 11.3. The SMILES string of the molecule is CC(C)N(CCCO)Cc1cccc(C(=N)N)c1F. The highest BCUT2D eigenvalue weighted by Gasteiger charge is 2.15. The van der Waals surface area contributed by atoms with E-state index in [-0.39, 0.29) is 24.0 Å². The van der Waals surface area contributed by atoms with Crippen molar-refractivity contribution in [3.63, 3.8) is 0 Å². The van der Waals surface area contributed by atoms with Crippen LogP contribution < -0.4 is 5.73 Å². The molecule has 0 atom stereocenters. The molecule has 106 valence electrons. The molecule has 0 aliphatic heterocycles. The Hall–Kier alpha value is -1.46. The number of hydrogen-bond donors (Lipinski definition) is 3. The Morgan fingerprint density at radius 2 is 2.16 bits per heavy atom. The molecular formula is C14H22FN3O. The lowest BCUT2D eigenvalue weighted by Crippen LogP contribution is -2.32. The first-order chi connectivity index (χ1) is 8.97. The third kappa shape index (κ3) is 4.29. The summed E-state index contributed by atoms with van der Waals surface area (Å²) in [4.78, 5) is 2.08. The lowest BCUT2D eigenvalue weighted by molar-refractivity contribution is 0.183. The molecule has 1 aromatic rings. The van der Waals surface area contributed by atoms with E-state index in [1.807, 2.05) is 13.8 Å². The second-order valence-corrected chi connectivity index (χ2v) is 4.83. The Bertz CT molecular complexity index is 435. The number of nitrogens with one attached hydrogen (secondary N) is 1. The number of halogens is 1. The van der Waals surface area contributed by atoms with Crippen molar-refractivity contribution in [1.29, 1.82) is 5.41 Å². The molecule has 4 N–H and O–H groups in total. The topological polar surface area (TPSA) is 73.3 Å². The Morgan fingerprint density at radius 3 is 2.68 bits per heavy atom. The van der Waals surface area contributed by atoms with E-state index in [2.05, 4.69) is 4.90 Å². The maximum absolute atomic E-state index is 14.2. The van der Waals surface area contributed by atoms with Crippen molar-refractivity contribution in [2.45, 2.75) is 32.9 Å². The van der Waals surface area contributed by atoms with Gasteiger partial charge in [-0.2, -0.15) is 0 Å². The van der Waals surface area contributed by atoms with Crippen LogP contribution in [0.3, 0.4) is 0 Å². The van der Waals surface area contributed by atoms with Crippen molar-refractivity contribution in [3.8, 4) is 0 Å². The highest BCUT2D eigenvalue weighted by Crippen LogP contribution is 2.16.